The zero-order valence-corrected chi connectivity index (χ0v) is 10.3. The molecule has 0 saturated carbocycles. The zero-order chi connectivity index (χ0) is 12.3. The monoisotopic (exact) mass is 232 g/mol. The topological polar surface area (TPSA) is 66.0 Å². The summed E-state index contributed by atoms with van der Waals surface area (Å²) in [5.74, 6) is 1.08. The van der Waals surface area contributed by atoms with Crippen LogP contribution in [0.25, 0.3) is 0 Å². The highest BCUT2D eigenvalue weighted by Gasteiger charge is 2.17. The first-order valence-corrected chi connectivity index (χ1v) is 6.25. The van der Waals surface area contributed by atoms with Gasteiger partial charge in [0.25, 0.3) is 0 Å². The summed E-state index contributed by atoms with van der Waals surface area (Å²) < 4.78 is 0. The summed E-state index contributed by atoms with van der Waals surface area (Å²) in [7, 11) is 0. The van der Waals surface area contributed by atoms with E-state index in [1.54, 1.807) is 6.20 Å². The second-order valence-corrected chi connectivity index (χ2v) is 4.71. The second-order valence-electron chi connectivity index (χ2n) is 4.71. The molecule has 3 N–H and O–H groups in total. The van der Waals surface area contributed by atoms with Gasteiger partial charge >= 0.3 is 0 Å². The quantitative estimate of drug-likeness (QED) is 0.606. The molecule has 1 atom stereocenters. The van der Waals surface area contributed by atoms with Crippen LogP contribution in [0.3, 0.4) is 0 Å². The molecule has 1 aliphatic rings. The highest BCUT2D eigenvalue weighted by Crippen LogP contribution is 2.22. The molecule has 92 valence electrons. The lowest BCUT2D eigenvalue weighted by Crippen LogP contribution is -2.33. The molecule has 0 spiro atoms. The molecule has 2 rings (SSSR count). The molecule has 1 saturated heterocycles. The third-order valence-corrected chi connectivity index (χ3v) is 3.41. The Hall–Kier alpha value is -1.58. The number of rotatable bonds is 2. The maximum atomic E-state index is 7.35. The van der Waals surface area contributed by atoms with Gasteiger partial charge < -0.3 is 10.6 Å². The number of hydrogen-bond acceptors (Lipinski definition) is 3. The average Bonchev–Trinajstić information content (AvgIpc) is 2.54. The van der Waals surface area contributed by atoms with Crippen molar-refractivity contribution in [2.45, 2.75) is 38.6 Å². The van der Waals surface area contributed by atoms with Gasteiger partial charge in [-0.2, -0.15) is 0 Å². The third kappa shape index (κ3) is 2.75. The summed E-state index contributed by atoms with van der Waals surface area (Å²) in [6.45, 7) is 3.33. The Labute approximate surface area is 102 Å². The van der Waals surface area contributed by atoms with E-state index in [0.29, 0.717) is 11.6 Å². The first kappa shape index (κ1) is 11.9. The molecule has 0 aliphatic carbocycles. The van der Waals surface area contributed by atoms with Crippen molar-refractivity contribution in [1.82, 2.24) is 4.98 Å². The van der Waals surface area contributed by atoms with Crippen molar-refractivity contribution in [1.29, 1.82) is 5.41 Å². The van der Waals surface area contributed by atoms with Crippen LogP contribution in [0.2, 0.25) is 0 Å². The molecule has 1 fully saturated rings. The van der Waals surface area contributed by atoms with E-state index >= 15 is 0 Å². The van der Waals surface area contributed by atoms with Crippen LogP contribution < -0.4 is 10.6 Å². The fourth-order valence-electron chi connectivity index (χ4n) is 2.33. The number of nitrogens with one attached hydrogen (secondary N) is 1. The Morgan fingerprint density at radius 2 is 2.24 bits per heavy atom. The van der Waals surface area contributed by atoms with Gasteiger partial charge in [-0.3, -0.25) is 5.41 Å². The number of nitrogens with two attached hydrogens (primary N) is 1. The van der Waals surface area contributed by atoms with E-state index in [9.17, 15) is 0 Å². The van der Waals surface area contributed by atoms with E-state index in [0.717, 1.165) is 12.4 Å². The Morgan fingerprint density at radius 1 is 1.41 bits per heavy atom. The minimum absolute atomic E-state index is 0.0768. The van der Waals surface area contributed by atoms with Gasteiger partial charge in [-0.1, -0.05) is 12.8 Å². The molecule has 0 radical (unpaired) electrons. The standard InChI is InChI=1S/C13H20N4/c1-10-5-3-2-4-8-17(10)12-7-6-11(9-16-12)13(14)15/h6-7,9-10H,2-5,8H2,1H3,(H3,14,15). The van der Waals surface area contributed by atoms with Gasteiger partial charge in [-0.05, 0) is 31.9 Å². The zero-order valence-electron chi connectivity index (χ0n) is 10.3. The molecule has 1 unspecified atom stereocenters. The van der Waals surface area contributed by atoms with Crippen molar-refractivity contribution in [2.75, 3.05) is 11.4 Å². The van der Waals surface area contributed by atoms with Gasteiger partial charge in [0.2, 0.25) is 0 Å². The lowest BCUT2D eigenvalue weighted by molar-refractivity contribution is 0.611. The lowest BCUT2D eigenvalue weighted by atomic mass is 10.1. The molecule has 1 aliphatic heterocycles. The van der Waals surface area contributed by atoms with Crippen molar-refractivity contribution < 1.29 is 0 Å². The minimum atomic E-state index is 0.0768. The molecule has 2 heterocycles. The van der Waals surface area contributed by atoms with Gasteiger partial charge in [-0.25, -0.2) is 4.98 Å². The predicted octanol–water partition coefficient (Wildman–Crippen LogP) is 2.13. The van der Waals surface area contributed by atoms with E-state index in [1.165, 1.54) is 25.7 Å². The fourth-order valence-corrected chi connectivity index (χ4v) is 2.33. The van der Waals surface area contributed by atoms with Crippen LogP contribution in [0.4, 0.5) is 5.82 Å². The van der Waals surface area contributed by atoms with Gasteiger partial charge in [0.1, 0.15) is 11.7 Å². The van der Waals surface area contributed by atoms with Crippen molar-refractivity contribution >= 4 is 11.7 Å². The van der Waals surface area contributed by atoms with Crippen molar-refractivity contribution in [3.05, 3.63) is 23.9 Å². The first-order valence-electron chi connectivity index (χ1n) is 6.25. The molecule has 17 heavy (non-hydrogen) atoms. The van der Waals surface area contributed by atoms with Gasteiger partial charge in [-0.15, -0.1) is 0 Å². The maximum absolute atomic E-state index is 7.35. The SMILES string of the molecule is CC1CCCCCN1c1ccc(C(=N)N)cn1. The van der Waals surface area contributed by atoms with Crippen LogP contribution in [0.15, 0.2) is 18.3 Å². The number of nitrogen functional groups attached to an aromatic ring is 1. The Balaban J connectivity index is 2.17. The highest BCUT2D eigenvalue weighted by molar-refractivity contribution is 5.94. The van der Waals surface area contributed by atoms with Crippen molar-refractivity contribution in [3.8, 4) is 0 Å². The molecule has 1 aromatic rings. The normalized spacial score (nSPS) is 21.0. The highest BCUT2D eigenvalue weighted by atomic mass is 15.2. The number of nitrogens with zero attached hydrogens (tertiary/aromatic N) is 2. The molecule has 1 aromatic heterocycles. The number of pyridine rings is 1. The number of hydrogen-bond donors (Lipinski definition) is 2. The maximum Gasteiger partial charge on any atom is 0.128 e. The number of anilines is 1. The molecule has 0 amide bonds. The first-order chi connectivity index (χ1) is 8.18. The van der Waals surface area contributed by atoms with Gasteiger partial charge in [0.05, 0.1) is 0 Å². The fraction of sp³-hybridized carbons (Fsp3) is 0.538. The van der Waals surface area contributed by atoms with Crippen molar-refractivity contribution in [2.24, 2.45) is 5.73 Å². The van der Waals surface area contributed by atoms with Crippen LogP contribution in [0, 0.1) is 5.41 Å². The molecular weight excluding hydrogens is 212 g/mol. The summed E-state index contributed by atoms with van der Waals surface area (Å²) in [5, 5.41) is 7.35. The Bertz CT molecular complexity index is 385. The largest absolute Gasteiger partial charge is 0.384 e. The molecule has 4 nitrogen and oxygen atoms in total. The number of amidine groups is 1. The van der Waals surface area contributed by atoms with E-state index < -0.39 is 0 Å². The average molecular weight is 232 g/mol. The van der Waals surface area contributed by atoms with E-state index in [1.807, 2.05) is 12.1 Å². The minimum Gasteiger partial charge on any atom is -0.384 e. The van der Waals surface area contributed by atoms with Gasteiger partial charge in [0, 0.05) is 24.3 Å². The Morgan fingerprint density at radius 3 is 2.88 bits per heavy atom. The summed E-state index contributed by atoms with van der Waals surface area (Å²) in [6, 6.07) is 4.40. The Kier molecular flexibility index (Phi) is 3.61. The van der Waals surface area contributed by atoms with Crippen molar-refractivity contribution in [3.63, 3.8) is 0 Å². The van der Waals surface area contributed by atoms with E-state index in [-0.39, 0.29) is 5.84 Å². The summed E-state index contributed by atoms with van der Waals surface area (Å²) >= 11 is 0. The molecule has 0 aromatic carbocycles. The van der Waals surface area contributed by atoms with Crippen LogP contribution in [-0.4, -0.2) is 23.4 Å². The summed E-state index contributed by atoms with van der Waals surface area (Å²) in [6.07, 6.45) is 6.78. The van der Waals surface area contributed by atoms with Crippen LogP contribution in [0.5, 0.6) is 0 Å². The van der Waals surface area contributed by atoms with Gasteiger partial charge in [0.15, 0.2) is 0 Å². The van der Waals surface area contributed by atoms with E-state index in [2.05, 4.69) is 16.8 Å². The second kappa shape index (κ2) is 5.17. The number of aromatic nitrogens is 1. The smallest absolute Gasteiger partial charge is 0.128 e. The third-order valence-electron chi connectivity index (χ3n) is 3.41. The van der Waals surface area contributed by atoms with Crippen LogP contribution in [0.1, 0.15) is 38.2 Å². The molecular formula is C13H20N4. The predicted molar refractivity (Wildman–Crippen MR) is 70.5 cm³/mol. The summed E-state index contributed by atoms with van der Waals surface area (Å²) in [5.41, 5.74) is 6.12. The lowest BCUT2D eigenvalue weighted by Gasteiger charge is -2.28. The molecule has 0 bridgehead atoms. The van der Waals surface area contributed by atoms with E-state index in [4.69, 9.17) is 11.1 Å². The van der Waals surface area contributed by atoms with Crippen LogP contribution in [-0.2, 0) is 0 Å². The molecule has 4 heteroatoms. The van der Waals surface area contributed by atoms with Crippen LogP contribution >= 0.6 is 0 Å². The summed E-state index contributed by atoms with van der Waals surface area (Å²) in [4.78, 5) is 6.78.